The maximum atomic E-state index is 9.73. The van der Waals surface area contributed by atoms with E-state index in [4.69, 9.17) is 4.74 Å². The van der Waals surface area contributed by atoms with E-state index in [1.807, 2.05) is 42.5 Å². The number of rotatable bonds is 5. The van der Waals surface area contributed by atoms with Gasteiger partial charge in [0.05, 0.1) is 7.11 Å². The molecule has 0 saturated heterocycles. The van der Waals surface area contributed by atoms with Crippen molar-refractivity contribution in [3.63, 3.8) is 0 Å². The molecule has 2 aromatic rings. The zero-order chi connectivity index (χ0) is 13.7. The van der Waals surface area contributed by atoms with Gasteiger partial charge in [-0.2, -0.15) is 0 Å². The third-order valence-electron chi connectivity index (χ3n) is 3.20. The zero-order valence-corrected chi connectivity index (χ0v) is 11.3. The molecule has 19 heavy (non-hydrogen) atoms. The van der Waals surface area contributed by atoms with Gasteiger partial charge in [-0.3, -0.25) is 0 Å². The Hall–Kier alpha value is -2.00. The molecule has 0 bridgehead atoms. The Morgan fingerprint density at radius 1 is 1.11 bits per heavy atom. The summed E-state index contributed by atoms with van der Waals surface area (Å²) in [4.78, 5) is 0. The number of aromatic hydroxyl groups is 1. The van der Waals surface area contributed by atoms with Gasteiger partial charge in [0.15, 0.2) is 0 Å². The van der Waals surface area contributed by atoms with Gasteiger partial charge in [0, 0.05) is 23.7 Å². The van der Waals surface area contributed by atoms with Crippen molar-refractivity contribution in [2.45, 2.75) is 19.5 Å². The largest absolute Gasteiger partial charge is 0.508 e. The van der Waals surface area contributed by atoms with Crippen molar-refractivity contribution in [2.24, 2.45) is 0 Å². The van der Waals surface area contributed by atoms with E-state index in [0.29, 0.717) is 12.3 Å². The zero-order valence-electron chi connectivity index (χ0n) is 11.3. The lowest BCUT2D eigenvalue weighted by molar-refractivity contribution is 0.401. The van der Waals surface area contributed by atoms with Crippen LogP contribution in [0, 0.1) is 0 Å². The molecule has 0 saturated carbocycles. The molecular formula is C16H19NO2. The quantitative estimate of drug-likeness (QED) is 0.864. The number of benzene rings is 2. The van der Waals surface area contributed by atoms with Crippen LogP contribution in [0.4, 0.5) is 0 Å². The fraction of sp³-hybridized carbons (Fsp3) is 0.250. The van der Waals surface area contributed by atoms with Gasteiger partial charge in [-0.15, -0.1) is 0 Å². The number of hydrogen-bond acceptors (Lipinski definition) is 3. The molecule has 0 radical (unpaired) electrons. The van der Waals surface area contributed by atoms with Gasteiger partial charge in [-0.1, -0.05) is 36.4 Å². The first-order chi connectivity index (χ1) is 9.22. The Kier molecular flexibility index (Phi) is 4.42. The lowest BCUT2D eigenvalue weighted by atomic mass is 10.1. The first-order valence-electron chi connectivity index (χ1n) is 6.35. The van der Waals surface area contributed by atoms with E-state index >= 15 is 0 Å². The lowest BCUT2D eigenvalue weighted by Crippen LogP contribution is -2.18. The van der Waals surface area contributed by atoms with E-state index in [1.54, 1.807) is 13.2 Å². The van der Waals surface area contributed by atoms with Crippen LogP contribution in [0.1, 0.15) is 24.1 Å². The Balaban J connectivity index is 2.05. The van der Waals surface area contributed by atoms with Gasteiger partial charge in [-0.05, 0) is 19.1 Å². The first-order valence-corrected chi connectivity index (χ1v) is 6.35. The molecule has 2 rings (SSSR count). The van der Waals surface area contributed by atoms with E-state index in [-0.39, 0.29) is 6.04 Å². The molecule has 0 unspecified atom stereocenters. The van der Waals surface area contributed by atoms with Crippen LogP contribution < -0.4 is 10.1 Å². The third kappa shape index (κ3) is 3.26. The van der Waals surface area contributed by atoms with Crippen LogP contribution in [-0.2, 0) is 6.54 Å². The number of phenols is 1. The summed E-state index contributed by atoms with van der Waals surface area (Å²) in [6, 6.07) is 15.5. The molecule has 2 aromatic carbocycles. The van der Waals surface area contributed by atoms with Gasteiger partial charge in [0.1, 0.15) is 11.5 Å². The van der Waals surface area contributed by atoms with Crippen molar-refractivity contribution in [1.29, 1.82) is 0 Å². The summed E-state index contributed by atoms with van der Waals surface area (Å²) in [7, 11) is 1.68. The molecule has 0 spiro atoms. The maximum absolute atomic E-state index is 9.73. The summed E-state index contributed by atoms with van der Waals surface area (Å²) in [5, 5.41) is 13.1. The molecule has 0 amide bonds. The van der Waals surface area contributed by atoms with Crippen LogP contribution in [0.3, 0.4) is 0 Å². The topological polar surface area (TPSA) is 41.5 Å². The fourth-order valence-corrected chi connectivity index (χ4v) is 2.06. The van der Waals surface area contributed by atoms with Crippen molar-refractivity contribution >= 4 is 0 Å². The average Bonchev–Trinajstić information content (AvgIpc) is 2.46. The highest BCUT2D eigenvalue weighted by Gasteiger charge is 2.10. The van der Waals surface area contributed by atoms with E-state index < -0.39 is 0 Å². The second kappa shape index (κ2) is 6.25. The summed E-state index contributed by atoms with van der Waals surface area (Å²) in [6.45, 7) is 2.70. The van der Waals surface area contributed by atoms with Crippen molar-refractivity contribution in [3.8, 4) is 11.5 Å². The van der Waals surface area contributed by atoms with Gasteiger partial charge in [-0.25, -0.2) is 0 Å². The van der Waals surface area contributed by atoms with Crippen LogP contribution >= 0.6 is 0 Å². The molecule has 2 N–H and O–H groups in total. The standard InChI is InChI=1S/C16H19NO2/c1-12(14-8-4-6-10-16(14)19-2)17-11-13-7-3-5-9-15(13)18/h3-10,12,17-18H,11H2,1-2H3/t12-/m1/s1. The Bertz CT molecular complexity index is 540. The lowest BCUT2D eigenvalue weighted by Gasteiger charge is -2.17. The molecule has 1 atom stereocenters. The summed E-state index contributed by atoms with van der Waals surface area (Å²) in [6.07, 6.45) is 0. The minimum atomic E-state index is 0.149. The molecule has 0 heterocycles. The average molecular weight is 257 g/mol. The summed E-state index contributed by atoms with van der Waals surface area (Å²) in [5.41, 5.74) is 2.00. The van der Waals surface area contributed by atoms with Gasteiger partial charge < -0.3 is 15.2 Å². The Morgan fingerprint density at radius 2 is 1.79 bits per heavy atom. The highest BCUT2D eigenvalue weighted by Crippen LogP contribution is 2.25. The summed E-state index contributed by atoms with van der Waals surface area (Å²) in [5.74, 6) is 1.20. The predicted molar refractivity (Wildman–Crippen MR) is 76.4 cm³/mol. The molecule has 100 valence electrons. The molecule has 0 aliphatic rings. The van der Waals surface area contributed by atoms with Gasteiger partial charge >= 0.3 is 0 Å². The van der Waals surface area contributed by atoms with Crippen LogP contribution in [0.15, 0.2) is 48.5 Å². The van der Waals surface area contributed by atoms with Crippen LogP contribution in [-0.4, -0.2) is 12.2 Å². The highest BCUT2D eigenvalue weighted by molar-refractivity contribution is 5.36. The monoisotopic (exact) mass is 257 g/mol. The van der Waals surface area contributed by atoms with Crippen LogP contribution in [0.5, 0.6) is 11.5 Å². The second-order valence-corrected chi connectivity index (χ2v) is 4.47. The van der Waals surface area contributed by atoms with Gasteiger partial charge in [0.25, 0.3) is 0 Å². The number of hydrogen-bond donors (Lipinski definition) is 2. The van der Waals surface area contributed by atoms with Crippen LogP contribution in [0.2, 0.25) is 0 Å². The maximum Gasteiger partial charge on any atom is 0.123 e. The summed E-state index contributed by atoms with van der Waals surface area (Å²) < 4.78 is 5.35. The normalized spacial score (nSPS) is 12.1. The van der Waals surface area contributed by atoms with Crippen molar-refractivity contribution in [3.05, 3.63) is 59.7 Å². The fourth-order valence-electron chi connectivity index (χ4n) is 2.06. The van der Waals surface area contributed by atoms with Crippen molar-refractivity contribution in [2.75, 3.05) is 7.11 Å². The number of nitrogens with one attached hydrogen (secondary N) is 1. The third-order valence-corrected chi connectivity index (χ3v) is 3.20. The summed E-state index contributed by atoms with van der Waals surface area (Å²) >= 11 is 0. The molecule has 0 fully saturated rings. The van der Waals surface area contributed by atoms with Crippen molar-refractivity contribution < 1.29 is 9.84 Å². The SMILES string of the molecule is COc1ccccc1[C@@H](C)NCc1ccccc1O. The molecule has 0 aliphatic heterocycles. The van der Waals surface area contributed by atoms with E-state index in [0.717, 1.165) is 16.9 Å². The Labute approximate surface area is 113 Å². The van der Waals surface area contributed by atoms with E-state index in [9.17, 15) is 5.11 Å². The first kappa shape index (κ1) is 13.4. The Morgan fingerprint density at radius 3 is 2.53 bits per heavy atom. The minimum Gasteiger partial charge on any atom is -0.508 e. The predicted octanol–water partition coefficient (Wildman–Crippen LogP) is 3.25. The number of ether oxygens (including phenoxy) is 1. The molecule has 3 heteroatoms. The van der Waals surface area contributed by atoms with Gasteiger partial charge in [0.2, 0.25) is 0 Å². The number of phenolic OH excluding ortho intramolecular Hbond substituents is 1. The smallest absolute Gasteiger partial charge is 0.123 e. The van der Waals surface area contributed by atoms with Crippen molar-refractivity contribution in [1.82, 2.24) is 5.32 Å². The molecular weight excluding hydrogens is 238 g/mol. The molecule has 3 nitrogen and oxygen atoms in total. The van der Waals surface area contributed by atoms with E-state index in [1.165, 1.54) is 0 Å². The second-order valence-electron chi connectivity index (χ2n) is 4.47. The molecule has 0 aliphatic carbocycles. The highest BCUT2D eigenvalue weighted by atomic mass is 16.5. The number of para-hydroxylation sites is 2. The van der Waals surface area contributed by atoms with E-state index in [2.05, 4.69) is 12.2 Å². The molecule has 0 aromatic heterocycles. The van der Waals surface area contributed by atoms with Crippen LogP contribution in [0.25, 0.3) is 0 Å². The minimum absolute atomic E-state index is 0.149. The number of methoxy groups -OCH3 is 1.